The van der Waals surface area contributed by atoms with E-state index in [9.17, 15) is 49.2 Å². The summed E-state index contributed by atoms with van der Waals surface area (Å²) in [5.41, 5.74) is 0. The zero-order chi connectivity index (χ0) is 28.9. The number of carboxylic acid groups (broad SMARTS) is 4. The van der Waals surface area contributed by atoms with Crippen LogP contribution in [0.3, 0.4) is 0 Å². The average Bonchev–Trinajstić information content (AvgIpc) is 2.76. The molecule has 5 atom stereocenters. The van der Waals surface area contributed by atoms with Crippen molar-refractivity contribution in [3.8, 4) is 0 Å². The fourth-order valence-corrected chi connectivity index (χ4v) is 4.69. The second kappa shape index (κ2) is 15.9. The van der Waals surface area contributed by atoms with E-state index in [2.05, 4.69) is 10.6 Å². The molecule has 0 radical (unpaired) electrons. The first-order valence-corrected chi connectivity index (χ1v) is 13.8. The zero-order valence-electron chi connectivity index (χ0n) is 20.6. The van der Waals surface area contributed by atoms with Gasteiger partial charge in [-0.2, -0.15) is 0 Å². The van der Waals surface area contributed by atoms with E-state index in [4.69, 9.17) is 14.4 Å². The van der Waals surface area contributed by atoms with Crippen LogP contribution in [-0.2, 0) is 28.8 Å². The van der Waals surface area contributed by atoms with Gasteiger partial charge in [-0.1, -0.05) is 20.3 Å². The number of hydrogen-bond acceptors (Lipinski definition) is 9. The van der Waals surface area contributed by atoms with Crippen LogP contribution in [0.5, 0.6) is 0 Å². The Morgan fingerprint density at radius 1 is 0.676 bits per heavy atom. The molecule has 0 rings (SSSR count). The molecule has 16 heteroatoms. The molecule has 0 heterocycles. The predicted octanol–water partition coefficient (Wildman–Crippen LogP) is -1.46. The Balaban J connectivity index is 6.43. The SMILES string of the molecule is CCCCNC(=O)[C@H](C(C(=O)O)[C@H](C(=O)O)C(CC)C(=O)NCCC[Si](O)(O)O)[C@H](CC(=O)O)C(=O)O. The lowest BCUT2D eigenvalue weighted by Gasteiger charge is -2.34. The van der Waals surface area contributed by atoms with Gasteiger partial charge in [-0.15, -0.1) is 0 Å². The summed E-state index contributed by atoms with van der Waals surface area (Å²) in [6.07, 6.45) is -0.482. The molecule has 0 aromatic carbocycles. The summed E-state index contributed by atoms with van der Waals surface area (Å²) in [6.45, 7) is 2.92. The second-order valence-electron chi connectivity index (χ2n) is 8.62. The van der Waals surface area contributed by atoms with Crippen LogP contribution >= 0.6 is 0 Å². The van der Waals surface area contributed by atoms with E-state index >= 15 is 0 Å². The van der Waals surface area contributed by atoms with Gasteiger partial charge in [0, 0.05) is 19.1 Å². The topological polar surface area (TPSA) is 268 Å². The molecule has 0 aliphatic heterocycles. The van der Waals surface area contributed by atoms with Crippen LogP contribution in [0.2, 0.25) is 6.04 Å². The van der Waals surface area contributed by atoms with Crippen molar-refractivity contribution in [2.45, 2.75) is 52.0 Å². The van der Waals surface area contributed by atoms with Crippen molar-refractivity contribution in [3.05, 3.63) is 0 Å². The van der Waals surface area contributed by atoms with Crippen molar-refractivity contribution in [2.75, 3.05) is 13.1 Å². The van der Waals surface area contributed by atoms with Crippen molar-refractivity contribution < 1.29 is 63.6 Å². The third kappa shape index (κ3) is 11.7. The standard InChI is InChI=1S/C21H36N2O13Si/c1-3-5-7-23-18(27)14(12(19(28)29)10-13(24)25)16(21(32)33)15(20(30)31)11(4-2)17(26)22-8-6-9-37(34,35)36/h11-12,14-16,34-36H,3-10H2,1-2H3,(H,22,26)(H,23,27)(H,24,25)(H,28,29)(H,30,31)(H,32,33)/t11?,12-,14-,15+,16?/m0/s1. The van der Waals surface area contributed by atoms with Crippen molar-refractivity contribution in [3.63, 3.8) is 0 Å². The molecule has 0 bridgehead atoms. The van der Waals surface area contributed by atoms with Crippen LogP contribution in [0.25, 0.3) is 0 Å². The minimum absolute atomic E-state index is 0.00160. The molecule has 15 nitrogen and oxygen atoms in total. The number of nitrogens with one attached hydrogen (secondary N) is 2. The summed E-state index contributed by atoms with van der Waals surface area (Å²) < 4.78 is 0. The maximum Gasteiger partial charge on any atom is 0.492 e. The summed E-state index contributed by atoms with van der Waals surface area (Å²) in [6, 6.07) is -0.431. The summed E-state index contributed by atoms with van der Waals surface area (Å²) in [5, 5.41) is 43.4. The van der Waals surface area contributed by atoms with E-state index in [0.717, 1.165) is 0 Å². The van der Waals surface area contributed by atoms with Gasteiger partial charge in [-0.25, -0.2) is 0 Å². The minimum atomic E-state index is -4.39. The highest BCUT2D eigenvalue weighted by Gasteiger charge is 2.52. The number of unbranched alkanes of at least 4 members (excludes halogenated alkanes) is 1. The molecule has 2 amide bonds. The van der Waals surface area contributed by atoms with Crippen LogP contribution in [0.15, 0.2) is 0 Å². The van der Waals surface area contributed by atoms with Gasteiger partial charge < -0.3 is 45.4 Å². The Morgan fingerprint density at radius 3 is 1.59 bits per heavy atom. The lowest BCUT2D eigenvalue weighted by Crippen LogP contribution is -2.52. The Bertz CT molecular complexity index is 830. The molecule has 0 aromatic rings. The number of carboxylic acids is 4. The average molecular weight is 553 g/mol. The van der Waals surface area contributed by atoms with Crippen LogP contribution in [-0.4, -0.2) is 92.4 Å². The van der Waals surface area contributed by atoms with E-state index in [0.29, 0.717) is 12.8 Å². The molecule has 0 spiro atoms. The molecular formula is C21H36N2O13Si. The summed E-state index contributed by atoms with van der Waals surface area (Å²) in [5.74, 6) is -19.6. The highest BCUT2D eigenvalue weighted by molar-refractivity contribution is 6.56. The number of carbonyl (C=O) groups is 6. The molecule has 0 aliphatic carbocycles. The predicted molar refractivity (Wildman–Crippen MR) is 126 cm³/mol. The van der Waals surface area contributed by atoms with Gasteiger partial charge in [0.25, 0.3) is 0 Å². The monoisotopic (exact) mass is 552 g/mol. The lowest BCUT2D eigenvalue weighted by atomic mass is 9.68. The molecule has 37 heavy (non-hydrogen) atoms. The largest absolute Gasteiger partial charge is 0.492 e. The normalized spacial score (nSPS) is 15.5. The first-order valence-electron chi connectivity index (χ1n) is 11.7. The Kier molecular flexibility index (Phi) is 14.6. The first kappa shape index (κ1) is 33.9. The van der Waals surface area contributed by atoms with Crippen LogP contribution < -0.4 is 10.6 Å². The number of aliphatic carboxylic acids is 4. The maximum atomic E-state index is 13.0. The van der Waals surface area contributed by atoms with Crippen LogP contribution in [0, 0.1) is 29.6 Å². The molecular weight excluding hydrogens is 516 g/mol. The van der Waals surface area contributed by atoms with Gasteiger partial charge in [0.05, 0.1) is 36.0 Å². The van der Waals surface area contributed by atoms with Gasteiger partial charge in [0.15, 0.2) is 0 Å². The second-order valence-corrected chi connectivity index (χ2v) is 10.7. The molecule has 2 unspecified atom stereocenters. The van der Waals surface area contributed by atoms with Crippen molar-refractivity contribution in [1.29, 1.82) is 0 Å². The van der Waals surface area contributed by atoms with Gasteiger partial charge >= 0.3 is 32.7 Å². The van der Waals surface area contributed by atoms with Crippen LogP contribution in [0.4, 0.5) is 0 Å². The summed E-state index contributed by atoms with van der Waals surface area (Å²) in [7, 11) is -4.39. The van der Waals surface area contributed by atoms with Gasteiger partial charge in [0.1, 0.15) is 0 Å². The first-order chi connectivity index (χ1) is 17.1. The maximum absolute atomic E-state index is 13.0. The van der Waals surface area contributed by atoms with Crippen molar-refractivity contribution >= 4 is 44.5 Å². The summed E-state index contributed by atoms with van der Waals surface area (Å²) in [4.78, 5) is 101. The highest BCUT2D eigenvalue weighted by Crippen LogP contribution is 2.36. The summed E-state index contributed by atoms with van der Waals surface area (Å²) >= 11 is 0. The number of amides is 2. The highest BCUT2D eigenvalue weighted by atomic mass is 28.4. The van der Waals surface area contributed by atoms with Crippen molar-refractivity contribution in [1.82, 2.24) is 10.6 Å². The van der Waals surface area contributed by atoms with Gasteiger partial charge in [-0.05, 0) is 19.3 Å². The lowest BCUT2D eigenvalue weighted by molar-refractivity contribution is -0.168. The van der Waals surface area contributed by atoms with Gasteiger partial charge in [0.2, 0.25) is 11.8 Å². The smallest absolute Gasteiger partial charge is 0.481 e. The Labute approximate surface area is 213 Å². The molecule has 0 aliphatic rings. The fourth-order valence-electron chi connectivity index (χ4n) is 4.04. The van der Waals surface area contributed by atoms with E-state index < -0.39 is 86.6 Å². The number of rotatable bonds is 19. The minimum Gasteiger partial charge on any atom is -0.481 e. The number of carbonyl (C=O) groups excluding carboxylic acids is 2. The third-order valence-electron chi connectivity index (χ3n) is 5.82. The van der Waals surface area contributed by atoms with E-state index in [1.54, 1.807) is 6.92 Å². The quantitative estimate of drug-likeness (QED) is 0.0656. The Morgan fingerprint density at radius 2 is 1.19 bits per heavy atom. The van der Waals surface area contributed by atoms with E-state index in [1.807, 2.05) is 0 Å². The zero-order valence-corrected chi connectivity index (χ0v) is 21.6. The number of hydrogen-bond donors (Lipinski definition) is 9. The molecule has 212 valence electrons. The molecule has 0 saturated carbocycles. The van der Waals surface area contributed by atoms with E-state index in [-0.39, 0.29) is 25.9 Å². The fraction of sp³-hybridized carbons (Fsp3) is 0.714. The molecule has 9 N–H and O–H groups in total. The van der Waals surface area contributed by atoms with Crippen LogP contribution in [0.1, 0.15) is 46.0 Å². The molecule has 0 aromatic heterocycles. The van der Waals surface area contributed by atoms with Crippen molar-refractivity contribution in [2.24, 2.45) is 29.6 Å². The van der Waals surface area contributed by atoms with E-state index in [1.165, 1.54) is 6.92 Å². The molecule has 0 fully saturated rings. The van der Waals surface area contributed by atoms with Gasteiger partial charge in [-0.3, -0.25) is 28.8 Å². The molecule has 0 saturated heterocycles. The third-order valence-corrected chi connectivity index (χ3v) is 6.84. The Hall–Kier alpha value is -3.08.